The number of fused-ring (bicyclic) bond motifs is 5. The summed E-state index contributed by atoms with van der Waals surface area (Å²) in [6, 6.07) is 5.80. The first kappa shape index (κ1) is 11.9. The predicted molar refractivity (Wildman–Crippen MR) is 73.2 cm³/mol. The molecule has 0 saturated carbocycles. The van der Waals surface area contributed by atoms with Crippen LogP contribution in [-0.4, -0.2) is 24.0 Å². The molecule has 4 atom stereocenters. The molecule has 3 heterocycles. The van der Waals surface area contributed by atoms with Crippen molar-refractivity contribution in [3.8, 4) is 0 Å². The molecule has 0 aromatic heterocycles. The summed E-state index contributed by atoms with van der Waals surface area (Å²) in [6.45, 7) is 3.86. The number of anilines is 1. The molecular weight excluding hydrogens is 254 g/mol. The number of carbonyl (C=O) groups excluding carboxylic acids is 2. The summed E-state index contributed by atoms with van der Waals surface area (Å²) >= 11 is 0. The molecule has 0 radical (unpaired) electrons. The van der Waals surface area contributed by atoms with Gasteiger partial charge in [0.05, 0.1) is 29.7 Å². The highest BCUT2D eigenvalue weighted by Crippen LogP contribution is 2.47. The van der Waals surface area contributed by atoms with E-state index in [1.54, 1.807) is 0 Å². The highest BCUT2D eigenvalue weighted by atomic mass is 16.5. The Morgan fingerprint density at radius 2 is 1.45 bits per heavy atom. The van der Waals surface area contributed by atoms with Crippen molar-refractivity contribution >= 4 is 17.5 Å². The van der Waals surface area contributed by atoms with E-state index in [-0.39, 0.29) is 35.9 Å². The van der Waals surface area contributed by atoms with Gasteiger partial charge >= 0.3 is 0 Å². The van der Waals surface area contributed by atoms with Crippen LogP contribution in [0.1, 0.15) is 11.1 Å². The van der Waals surface area contributed by atoms with Crippen molar-refractivity contribution in [2.24, 2.45) is 11.8 Å². The van der Waals surface area contributed by atoms with E-state index in [9.17, 15) is 9.59 Å². The number of nitrogens with zero attached hydrogens (tertiary/aromatic N) is 1. The standard InChI is InChI=1S/C16H15NO3/c1-8-4-3-5-9(2)14(8)17-15(18)12-10-6-7-11(20-10)13(12)16(17)19/h3-7,10-13H,1-2H3/t10-,11-,12-,13+/m1/s1. The average Bonchev–Trinajstić information content (AvgIpc) is 3.07. The second-order valence-electron chi connectivity index (χ2n) is 5.75. The number of carbonyl (C=O) groups is 2. The Balaban J connectivity index is 1.82. The lowest BCUT2D eigenvalue weighted by Gasteiger charge is -2.21. The summed E-state index contributed by atoms with van der Waals surface area (Å²) in [7, 11) is 0. The molecule has 0 spiro atoms. The molecule has 4 heteroatoms. The van der Waals surface area contributed by atoms with Crippen LogP contribution in [0.25, 0.3) is 0 Å². The molecule has 4 nitrogen and oxygen atoms in total. The molecule has 1 aromatic rings. The van der Waals surface area contributed by atoms with E-state index in [2.05, 4.69) is 0 Å². The molecule has 3 aliphatic heterocycles. The molecule has 0 N–H and O–H groups in total. The number of benzene rings is 1. The maximum Gasteiger partial charge on any atom is 0.240 e. The van der Waals surface area contributed by atoms with E-state index in [0.29, 0.717) is 0 Å². The zero-order valence-electron chi connectivity index (χ0n) is 11.4. The molecule has 1 aromatic carbocycles. The van der Waals surface area contributed by atoms with Gasteiger partial charge in [-0.1, -0.05) is 30.4 Å². The Morgan fingerprint density at radius 3 is 1.95 bits per heavy atom. The Bertz CT molecular complexity index is 613. The van der Waals surface area contributed by atoms with E-state index in [0.717, 1.165) is 16.8 Å². The van der Waals surface area contributed by atoms with Crippen molar-refractivity contribution in [1.82, 2.24) is 0 Å². The highest BCUT2D eigenvalue weighted by molar-refractivity contribution is 6.23. The van der Waals surface area contributed by atoms with Crippen LogP contribution in [0.2, 0.25) is 0 Å². The summed E-state index contributed by atoms with van der Waals surface area (Å²) in [6.07, 6.45) is 3.36. The van der Waals surface area contributed by atoms with Crippen molar-refractivity contribution in [3.05, 3.63) is 41.5 Å². The normalized spacial score (nSPS) is 34.2. The first-order valence-corrected chi connectivity index (χ1v) is 6.87. The minimum Gasteiger partial charge on any atom is -0.365 e. The van der Waals surface area contributed by atoms with Crippen molar-refractivity contribution in [2.45, 2.75) is 26.1 Å². The van der Waals surface area contributed by atoms with Gasteiger partial charge in [-0.2, -0.15) is 0 Å². The molecule has 0 unspecified atom stereocenters. The number of para-hydroxylation sites is 1. The summed E-state index contributed by atoms with van der Waals surface area (Å²) in [5.74, 6) is -0.906. The van der Waals surface area contributed by atoms with Crippen LogP contribution in [0.5, 0.6) is 0 Å². The summed E-state index contributed by atoms with van der Waals surface area (Å²) in [4.78, 5) is 26.8. The maximum absolute atomic E-state index is 12.7. The molecule has 2 amide bonds. The minimum atomic E-state index is -0.337. The van der Waals surface area contributed by atoms with Crippen LogP contribution < -0.4 is 4.90 Å². The van der Waals surface area contributed by atoms with Gasteiger partial charge < -0.3 is 4.74 Å². The van der Waals surface area contributed by atoms with Gasteiger partial charge in [0, 0.05) is 0 Å². The largest absolute Gasteiger partial charge is 0.365 e. The highest BCUT2D eigenvalue weighted by Gasteiger charge is 2.61. The fourth-order valence-corrected chi connectivity index (χ4v) is 3.68. The van der Waals surface area contributed by atoms with Gasteiger partial charge in [-0.3, -0.25) is 9.59 Å². The zero-order valence-corrected chi connectivity index (χ0v) is 11.4. The molecule has 4 rings (SSSR count). The Labute approximate surface area is 117 Å². The third kappa shape index (κ3) is 1.29. The second-order valence-corrected chi connectivity index (χ2v) is 5.75. The summed E-state index contributed by atoms with van der Waals surface area (Å²) < 4.78 is 5.65. The molecular formula is C16H15NO3. The van der Waals surface area contributed by atoms with E-state index in [1.807, 2.05) is 44.2 Å². The van der Waals surface area contributed by atoms with Gasteiger partial charge in [-0.15, -0.1) is 0 Å². The smallest absolute Gasteiger partial charge is 0.240 e. The van der Waals surface area contributed by atoms with Crippen LogP contribution >= 0.6 is 0 Å². The fourth-order valence-electron chi connectivity index (χ4n) is 3.68. The number of amides is 2. The number of rotatable bonds is 1. The van der Waals surface area contributed by atoms with E-state index < -0.39 is 0 Å². The first-order chi connectivity index (χ1) is 9.59. The molecule has 2 bridgehead atoms. The van der Waals surface area contributed by atoms with Gasteiger partial charge in [0.1, 0.15) is 0 Å². The number of aryl methyl sites for hydroxylation is 2. The lowest BCUT2D eigenvalue weighted by Crippen LogP contribution is -2.35. The molecule has 3 aliphatic rings. The lowest BCUT2D eigenvalue weighted by atomic mass is 9.85. The van der Waals surface area contributed by atoms with Crippen molar-refractivity contribution < 1.29 is 14.3 Å². The van der Waals surface area contributed by atoms with Gasteiger partial charge in [0.15, 0.2) is 0 Å². The van der Waals surface area contributed by atoms with E-state index in [1.165, 1.54) is 4.90 Å². The molecule has 20 heavy (non-hydrogen) atoms. The first-order valence-electron chi connectivity index (χ1n) is 6.87. The second kappa shape index (κ2) is 3.79. The number of ether oxygens (including phenoxy) is 1. The third-order valence-corrected chi connectivity index (χ3v) is 4.57. The van der Waals surface area contributed by atoms with Gasteiger partial charge in [0.25, 0.3) is 0 Å². The van der Waals surface area contributed by atoms with Crippen LogP contribution in [0.3, 0.4) is 0 Å². The molecule has 2 fully saturated rings. The summed E-state index contributed by atoms with van der Waals surface area (Å²) in [5, 5.41) is 0. The number of hydrogen-bond donors (Lipinski definition) is 0. The van der Waals surface area contributed by atoms with Crippen LogP contribution in [-0.2, 0) is 14.3 Å². The van der Waals surface area contributed by atoms with Crippen LogP contribution in [0, 0.1) is 25.7 Å². The van der Waals surface area contributed by atoms with Crippen molar-refractivity contribution in [3.63, 3.8) is 0 Å². The quantitative estimate of drug-likeness (QED) is 0.576. The van der Waals surface area contributed by atoms with E-state index >= 15 is 0 Å². The monoisotopic (exact) mass is 269 g/mol. The van der Waals surface area contributed by atoms with Crippen molar-refractivity contribution in [2.75, 3.05) is 4.90 Å². The Morgan fingerprint density at radius 1 is 0.950 bits per heavy atom. The number of hydrogen-bond acceptors (Lipinski definition) is 3. The van der Waals surface area contributed by atoms with Crippen molar-refractivity contribution in [1.29, 1.82) is 0 Å². The zero-order chi connectivity index (χ0) is 14.0. The molecule has 0 aliphatic carbocycles. The van der Waals surface area contributed by atoms with Gasteiger partial charge in [0.2, 0.25) is 11.8 Å². The topological polar surface area (TPSA) is 46.6 Å². The van der Waals surface area contributed by atoms with Crippen LogP contribution in [0.15, 0.2) is 30.4 Å². The Hall–Kier alpha value is -1.94. The number of imide groups is 1. The minimum absolute atomic E-state index is 0.116. The predicted octanol–water partition coefficient (Wildman–Crippen LogP) is 1.75. The molecule has 2 saturated heterocycles. The van der Waals surface area contributed by atoms with Gasteiger partial charge in [-0.05, 0) is 25.0 Å². The molecule has 102 valence electrons. The van der Waals surface area contributed by atoms with Gasteiger partial charge in [-0.25, -0.2) is 4.90 Å². The average molecular weight is 269 g/mol. The SMILES string of the molecule is Cc1cccc(C)c1N1C(=O)[C@@H]2[C@H](C1=O)[C@H]1C=C[C@H]2O1. The lowest BCUT2D eigenvalue weighted by molar-refractivity contribution is -0.124. The fraction of sp³-hybridized carbons (Fsp3) is 0.375. The summed E-state index contributed by atoms with van der Waals surface area (Å²) in [5.41, 5.74) is 2.65. The van der Waals surface area contributed by atoms with Crippen LogP contribution in [0.4, 0.5) is 5.69 Å². The maximum atomic E-state index is 12.7. The Kier molecular flexibility index (Phi) is 2.25. The third-order valence-electron chi connectivity index (χ3n) is 4.57. The van der Waals surface area contributed by atoms with E-state index in [4.69, 9.17) is 4.74 Å².